The Bertz CT molecular complexity index is 890. The minimum atomic E-state index is 0.228. The van der Waals surface area contributed by atoms with Crippen molar-refractivity contribution in [1.29, 1.82) is 0 Å². The molecule has 0 amide bonds. The highest BCUT2D eigenvalue weighted by Gasteiger charge is 2.10. The van der Waals surface area contributed by atoms with Crippen LogP contribution in [0.1, 0.15) is 11.1 Å². The summed E-state index contributed by atoms with van der Waals surface area (Å²) in [4.78, 5) is 4.31. The molecule has 3 aromatic rings. The number of para-hydroxylation sites is 1. The Kier molecular flexibility index (Phi) is 5.59. The van der Waals surface area contributed by atoms with Gasteiger partial charge in [0.05, 0.1) is 11.4 Å². The van der Waals surface area contributed by atoms with Crippen LogP contribution >= 0.6 is 15.9 Å². The predicted octanol–water partition coefficient (Wildman–Crippen LogP) is 4.44. The first-order valence-electron chi connectivity index (χ1n) is 7.77. The molecule has 0 spiro atoms. The van der Waals surface area contributed by atoms with Crippen molar-refractivity contribution in [3.05, 3.63) is 101 Å². The molecule has 0 unspecified atom stereocenters. The van der Waals surface area contributed by atoms with E-state index in [1.54, 1.807) is 0 Å². The average molecular weight is 393 g/mol. The first kappa shape index (κ1) is 16.9. The molecule has 0 aliphatic rings. The molecule has 3 N–H and O–H groups in total. The molecule has 4 nitrogen and oxygen atoms in total. The van der Waals surface area contributed by atoms with Gasteiger partial charge in [0, 0.05) is 15.6 Å². The molecule has 0 aromatic heterocycles. The third-order valence-electron chi connectivity index (χ3n) is 3.46. The maximum absolute atomic E-state index is 5.97. The van der Waals surface area contributed by atoms with Gasteiger partial charge in [-0.15, -0.1) is 0 Å². The summed E-state index contributed by atoms with van der Waals surface area (Å²) in [6.07, 6.45) is 0. The predicted molar refractivity (Wildman–Crippen MR) is 107 cm³/mol. The molecule has 25 heavy (non-hydrogen) atoms. The monoisotopic (exact) mass is 392 g/mol. The zero-order valence-electron chi connectivity index (χ0n) is 13.4. The number of nitrogens with zero attached hydrogens (tertiary/aromatic N) is 2. The molecular formula is C20H17BrN4. The fourth-order valence-corrected chi connectivity index (χ4v) is 2.78. The summed E-state index contributed by atoms with van der Waals surface area (Å²) < 4.78 is 0.956. The standard InChI is InChI=1S/C20H17BrN4/c21-18-14-8-7-13-17(18)19(15-9-3-1-4-10-15)24-25-20(22)23-16-11-5-2-6-12-16/h1-14H,(H3,22,23,25)/b24-19+. The molecule has 0 aliphatic carbocycles. The minimum absolute atomic E-state index is 0.228. The van der Waals surface area contributed by atoms with Gasteiger partial charge in [-0.25, -0.2) is 10.4 Å². The molecule has 5 heteroatoms. The van der Waals surface area contributed by atoms with E-state index in [1.807, 2.05) is 84.9 Å². The van der Waals surface area contributed by atoms with Gasteiger partial charge in [-0.05, 0) is 18.2 Å². The summed E-state index contributed by atoms with van der Waals surface area (Å²) in [6, 6.07) is 27.4. The lowest BCUT2D eigenvalue weighted by molar-refractivity contribution is 1.01. The molecule has 0 heterocycles. The molecular weight excluding hydrogens is 376 g/mol. The lowest BCUT2D eigenvalue weighted by atomic mass is 10.0. The zero-order valence-corrected chi connectivity index (χ0v) is 15.0. The van der Waals surface area contributed by atoms with Crippen molar-refractivity contribution in [2.75, 3.05) is 0 Å². The fourth-order valence-electron chi connectivity index (χ4n) is 2.31. The van der Waals surface area contributed by atoms with Crippen LogP contribution in [0.25, 0.3) is 0 Å². The van der Waals surface area contributed by atoms with E-state index < -0.39 is 0 Å². The van der Waals surface area contributed by atoms with Crippen LogP contribution in [0.4, 0.5) is 5.69 Å². The quantitative estimate of drug-likeness (QED) is 0.391. The molecule has 0 fully saturated rings. The molecule has 3 aromatic carbocycles. The number of halogens is 1. The Morgan fingerprint density at radius 2 is 1.40 bits per heavy atom. The van der Waals surface area contributed by atoms with Crippen LogP contribution in [-0.4, -0.2) is 11.7 Å². The maximum atomic E-state index is 5.97. The van der Waals surface area contributed by atoms with E-state index in [-0.39, 0.29) is 5.96 Å². The lowest BCUT2D eigenvalue weighted by Gasteiger charge is -2.10. The normalized spacial score (nSPS) is 12.0. The molecule has 0 saturated carbocycles. The first-order valence-corrected chi connectivity index (χ1v) is 8.56. The van der Waals surface area contributed by atoms with Crippen molar-refractivity contribution in [2.45, 2.75) is 0 Å². The molecule has 0 saturated heterocycles. The number of hydrogen-bond acceptors (Lipinski definition) is 2. The van der Waals surface area contributed by atoms with Gasteiger partial charge in [0.2, 0.25) is 5.96 Å². The number of nitrogens with two attached hydrogens (primary N) is 1. The van der Waals surface area contributed by atoms with Gasteiger partial charge in [-0.3, -0.25) is 0 Å². The van der Waals surface area contributed by atoms with Crippen LogP contribution in [0, 0.1) is 0 Å². The van der Waals surface area contributed by atoms with Gasteiger partial charge in [-0.1, -0.05) is 82.7 Å². The second-order valence-corrected chi connectivity index (χ2v) is 6.11. The maximum Gasteiger partial charge on any atom is 0.214 e. The number of rotatable bonds is 4. The SMILES string of the molecule is NC(=Nc1ccccc1)N/N=C(\c1ccccc1)c1ccccc1Br. The summed E-state index contributed by atoms with van der Waals surface area (Å²) in [5.74, 6) is 0.228. The Morgan fingerprint density at radius 3 is 2.08 bits per heavy atom. The van der Waals surface area contributed by atoms with Crippen molar-refractivity contribution < 1.29 is 0 Å². The first-order chi connectivity index (χ1) is 12.2. The third kappa shape index (κ3) is 4.55. The van der Waals surface area contributed by atoms with E-state index in [9.17, 15) is 0 Å². The summed E-state index contributed by atoms with van der Waals surface area (Å²) >= 11 is 3.58. The smallest absolute Gasteiger partial charge is 0.214 e. The number of hydrogen-bond donors (Lipinski definition) is 2. The number of benzene rings is 3. The Labute approximate surface area is 155 Å². The minimum Gasteiger partial charge on any atom is -0.368 e. The van der Waals surface area contributed by atoms with Gasteiger partial charge in [0.15, 0.2) is 0 Å². The van der Waals surface area contributed by atoms with E-state index in [2.05, 4.69) is 31.4 Å². The molecule has 0 bridgehead atoms. The van der Waals surface area contributed by atoms with Crippen LogP contribution in [0.3, 0.4) is 0 Å². The Hall–Kier alpha value is -2.92. The second-order valence-electron chi connectivity index (χ2n) is 5.25. The van der Waals surface area contributed by atoms with Crippen LogP contribution in [0.2, 0.25) is 0 Å². The number of nitrogens with one attached hydrogen (secondary N) is 1. The van der Waals surface area contributed by atoms with E-state index in [0.717, 1.165) is 27.0 Å². The molecule has 0 aliphatic heterocycles. The van der Waals surface area contributed by atoms with Crippen LogP contribution in [-0.2, 0) is 0 Å². The van der Waals surface area contributed by atoms with Crippen LogP contribution in [0.15, 0.2) is 99.5 Å². The van der Waals surface area contributed by atoms with Gasteiger partial charge >= 0.3 is 0 Å². The Balaban J connectivity index is 1.94. The Morgan fingerprint density at radius 1 is 0.800 bits per heavy atom. The van der Waals surface area contributed by atoms with Gasteiger partial charge in [0.25, 0.3) is 0 Å². The molecule has 0 radical (unpaired) electrons. The summed E-state index contributed by atoms with van der Waals surface area (Å²) in [6.45, 7) is 0. The average Bonchev–Trinajstić information content (AvgIpc) is 2.65. The molecule has 124 valence electrons. The van der Waals surface area contributed by atoms with E-state index in [4.69, 9.17) is 5.73 Å². The third-order valence-corrected chi connectivity index (χ3v) is 4.16. The number of hydrazone groups is 1. The van der Waals surface area contributed by atoms with Crippen molar-refractivity contribution in [3.8, 4) is 0 Å². The highest BCUT2D eigenvalue weighted by molar-refractivity contribution is 9.10. The topological polar surface area (TPSA) is 62.8 Å². The van der Waals surface area contributed by atoms with Crippen LogP contribution in [0.5, 0.6) is 0 Å². The highest BCUT2D eigenvalue weighted by atomic mass is 79.9. The van der Waals surface area contributed by atoms with Crippen molar-refractivity contribution >= 4 is 33.3 Å². The van der Waals surface area contributed by atoms with Gasteiger partial charge in [-0.2, -0.15) is 5.10 Å². The van der Waals surface area contributed by atoms with Gasteiger partial charge in [0.1, 0.15) is 0 Å². The fraction of sp³-hybridized carbons (Fsp3) is 0. The summed E-state index contributed by atoms with van der Waals surface area (Å²) in [5, 5.41) is 4.50. The highest BCUT2D eigenvalue weighted by Crippen LogP contribution is 2.20. The molecule has 0 atom stereocenters. The number of guanidine groups is 1. The lowest BCUT2D eigenvalue weighted by Crippen LogP contribution is -2.28. The second kappa shape index (κ2) is 8.26. The number of aliphatic imine (C=N–C) groups is 1. The van der Waals surface area contributed by atoms with Gasteiger partial charge < -0.3 is 5.73 Å². The summed E-state index contributed by atoms with van der Waals surface area (Å²) in [7, 11) is 0. The zero-order chi connectivity index (χ0) is 17.5. The summed E-state index contributed by atoms with van der Waals surface area (Å²) in [5.41, 5.74) is 12.3. The van der Waals surface area contributed by atoms with Crippen molar-refractivity contribution in [3.63, 3.8) is 0 Å². The van der Waals surface area contributed by atoms with E-state index >= 15 is 0 Å². The van der Waals surface area contributed by atoms with Crippen molar-refractivity contribution in [2.24, 2.45) is 15.8 Å². The van der Waals surface area contributed by atoms with E-state index in [0.29, 0.717) is 0 Å². The largest absolute Gasteiger partial charge is 0.368 e. The van der Waals surface area contributed by atoms with E-state index in [1.165, 1.54) is 0 Å². The van der Waals surface area contributed by atoms with Crippen molar-refractivity contribution in [1.82, 2.24) is 5.43 Å². The van der Waals surface area contributed by atoms with Crippen LogP contribution < -0.4 is 11.2 Å². The molecule has 3 rings (SSSR count).